The minimum absolute atomic E-state index is 0.549. The molecule has 0 amide bonds. The van der Waals surface area contributed by atoms with Crippen molar-refractivity contribution in [2.45, 2.75) is 12.2 Å². The van der Waals surface area contributed by atoms with Crippen molar-refractivity contribution in [2.24, 2.45) is 4.99 Å². The van der Waals surface area contributed by atoms with Gasteiger partial charge in [-0.15, -0.1) is 0 Å². The van der Waals surface area contributed by atoms with Crippen molar-refractivity contribution < 1.29 is 0 Å². The zero-order valence-electron chi connectivity index (χ0n) is 5.85. The Labute approximate surface area is 60.1 Å². The molecule has 0 radical (unpaired) electrons. The van der Waals surface area contributed by atoms with E-state index < -0.39 is 0 Å². The van der Waals surface area contributed by atoms with E-state index in [0.717, 1.165) is 13.1 Å². The van der Waals surface area contributed by atoms with Crippen LogP contribution in [0.25, 0.3) is 0 Å². The van der Waals surface area contributed by atoms with Crippen LogP contribution in [0.15, 0.2) is 4.99 Å². The average Bonchev–Trinajstić information content (AvgIpc) is 2.37. The number of nitrogens with zero attached hydrogens (tertiary/aromatic N) is 1. The van der Waals surface area contributed by atoms with Crippen molar-refractivity contribution in [3.05, 3.63) is 0 Å². The van der Waals surface area contributed by atoms with E-state index in [4.69, 9.17) is 0 Å². The highest BCUT2D eigenvalue weighted by atomic mass is 32.2. The van der Waals surface area contributed by atoms with Crippen molar-refractivity contribution in [3.8, 4) is 0 Å². The fourth-order valence-electron chi connectivity index (χ4n) is 0.800. The molecule has 1 heterocycles. The number of hydrogen-bond donors (Lipinski definition) is 1. The summed E-state index contributed by atoms with van der Waals surface area (Å²) in [4.78, 5) is 4.29. The summed E-state index contributed by atoms with van der Waals surface area (Å²) in [6.45, 7) is 4.16. The molecule has 2 nitrogen and oxygen atoms in total. The van der Waals surface area contributed by atoms with Gasteiger partial charge in [0.1, 0.15) is 5.84 Å². The van der Waals surface area contributed by atoms with Crippen LogP contribution < -0.4 is 5.32 Å². The van der Waals surface area contributed by atoms with Crippen LogP contribution in [0.1, 0.15) is 6.92 Å². The summed E-state index contributed by atoms with van der Waals surface area (Å²) >= 11 is 1.83. The Hall–Kier alpha value is -0.180. The summed E-state index contributed by atoms with van der Waals surface area (Å²) in [5.74, 6) is 1.17. The van der Waals surface area contributed by atoms with Gasteiger partial charge in [0.25, 0.3) is 0 Å². The Balaban J connectivity index is 2.40. The normalized spacial score (nSPS) is 20.9. The summed E-state index contributed by atoms with van der Waals surface area (Å²) in [5.41, 5.74) is 0. The maximum absolute atomic E-state index is 4.29. The summed E-state index contributed by atoms with van der Waals surface area (Å²) in [6, 6.07) is 0. The summed E-state index contributed by atoms with van der Waals surface area (Å²) in [7, 11) is 0. The van der Waals surface area contributed by atoms with Crippen molar-refractivity contribution >= 4 is 17.6 Å². The Bertz CT molecular complexity index is 122. The molecule has 0 spiro atoms. The van der Waals surface area contributed by atoms with E-state index in [0.29, 0.717) is 5.25 Å². The Kier molecular flexibility index (Phi) is 2.39. The molecule has 1 atom stereocenters. The van der Waals surface area contributed by atoms with Gasteiger partial charge in [0.15, 0.2) is 0 Å². The molecule has 0 fully saturated rings. The molecule has 0 aromatic heterocycles. The third-order valence-electron chi connectivity index (χ3n) is 1.44. The number of nitrogens with one attached hydrogen (secondary N) is 1. The minimum Gasteiger partial charge on any atom is -0.371 e. The molecule has 1 aliphatic rings. The number of hydrogen-bond acceptors (Lipinski definition) is 3. The second kappa shape index (κ2) is 3.11. The topological polar surface area (TPSA) is 24.4 Å². The SMILES string of the molecule is CSC(C)C1=NCCN1. The van der Waals surface area contributed by atoms with Crippen molar-refractivity contribution in [3.63, 3.8) is 0 Å². The van der Waals surface area contributed by atoms with Crippen LogP contribution >= 0.6 is 11.8 Å². The highest BCUT2D eigenvalue weighted by Crippen LogP contribution is 2.07. The van der Waals surface area contributed by atoms with Gasteiger partial charge in [0.05, 0.1) is 11.8 Å². The molecule has 0 aromatic carbocycles. The van der Waals surface area contributed by atoms with E-state index in [-0.39, 0.29) is 0 Å². The molecule has 1 unspecified atom stereocenters. The van der Waals surface area contributed by atoms with E-state index in [9.17, 15) is 0 Å². The zero-order chi connectivity index (χ0) is 6.69. The molecular weight excluding hydrogens is 132 g/mol. The molecule has 0 saturated carbocycles. The number of amidine groups is 1. The third kappa shape index (κ3) is 1.61. The highest BCUT2D eigenvalue weighted by molar-refractivity contribution is 7.99. The van der Waals surface area contributed by atoms with Gasteiger partial charge in [0.2, 0.25) is 0 Å². The molecule has 1 rings (SSSR count). The summed E-state index contributed by atoms with van der Waals surface area (Å²) < 4.78 is 0. The van der Waals surface area contributed by atoms with Gasteiger partial charge in [-0.25, -0.2) is 0 Å². The van der Waals surface area contributed by atoms with Crippen LogP contribution in [0, 0.1) is 0 Å². The number of aliphatic imine (C=N–C) groups is 1. The lowest BCUT2D eigenvalue weighted by Gasteiger charge is -2.07. The molecule has 0 aromatic rings. The number of thioether (sulfide) groups is 1. The van der Waals surface area contributed by atoms with Crippen LogP contribution in [0.4, 0.5) is 0 Å². The fraction of sp³-hybridized carbons (Fsp3) is 0.833. The maximum atomic E-state index is 4.29. The van der Waals surface area contributed by atoms with Crippen LogP contribution in [0.5, 0.6) is 0 Å². The summed E-state index contributed by atoms with van der Waals surface area (Å²) in [6.07, 6.45) is 2.10. The van der Waals surface area contributed by atoms with E-state index >= 15 is 0 Å². The predicted molar refractivity (Wildman–Crippen MR) is 43.3 cm³/mol. The first-order chi connectivity index (χ1) is 4.34. The molecule has 0 saturated heterocycles. The van der Waals surface area contributed by atoms with Gasteiger partial charge in [-0.2, -0.15) is 11.8 Å². The predicted octanol–water partition coefficient (Wildman–Crippen LogP) is 0.740. The molecule has 1 N–H and O–H groups in total. The lowest BCUT2D eigenvalue weighted by molar-refractivity contribution is 0.952. The maximum Gasteiger partial charge on any atom is 0.109 e. The molecule has 0 aliphatic carbocycles. The van der Waals surface area contributed by atoms with Crippen LogP contribution in [-0.2, 0) is 0 Å². The van der Waals surface area contributed by atoms with Crippen molar-refractivity contribution in [1.29, 1.82) is 0 Å². The van der Waals surface area contributed by atoms with Gasteiger partial charge < -0.3 is 5.32 Å². The first-order valence-corrected chi connectivity index (χ1v) is 4.44. The van der Waals surface area contributed by atoms with E-state index in [1.54, 1.807) is 0 Å². The lowest BCUT2D eigenvalue weighted by Crippen LogP contribution is -2.26. The highest BCUT2D eigenvalue weighted by Gasteiger charge is 2.10. The molecule has 3 heteroatoms. The second-order valence-electron chi connectivity index (χ2n) is 2.07. The third-order valence-corrected chi connectivity index (χ3v) is 2.37. The first kappa shape index (κ1) is 6.93. The van der Waals surface area contributed by atoms with Gasteiger partial charge in [-0.1, -0.05) is 0 Å². The minimum atomic E-state index is 0.549. The summed E-state index contributed by atoms with van der Waals surface area (Å²) in [5, 5.41) is 3.79. The zero-order valence-corrected chi connectivity index (χ0v) is 6.66. The van der Waals surface area contributed by atoms with Crippen molar-refractivity contribution in [1.82, 2.24) is 5.32 Å². The monoisotopic (exact) mass is 144 g/mol. The van der Waals surface area contributed by atoms with E-state index in [1.165, 1.54) is 5.84 Å². The van der Waals surface area contributed by atoms with Crippen LogP contribution in [-0.4, -0.2) is 30.4 Å². The van der Waals surface area contributed by atoms with Gasteiger partial charge in [-0.05, 0) is 13.2 Å². The van der Waals surface area contributed by atoms with Crippen molar-refractivity contribution in [2.75, 3.05) is 19.3 Å². The molecule has 1 aliphatic heterocycles. The number of rotatable bonds is 2. The standard InChI is InChI=1S/C6H12N2S/c1-5(9-2)6-7-3-4-8-6/h5H,3-4H2,1-2H3,(H,7,8). The van der Waals surface area contributed by atoms with Crippen LogP contribution in [0.3, 0.4) is 0 Å². The Morgan fingerprint density at radius 2 is 2.56 bits per heavy atom. The molecule has 52 valence electrons. The smallest absolute Gasteiger partial charge is 0.109 e. The largest absolute Gasteiger partial charge is 0.371 e. The lowest BCUT2D eigenvalue weighted by atomic mass is 10.4. The molecular formula is C6H12N2S. The van der Waals surface area contributed by atoms with Gasteiger partial charge >= 0.3 is 0 Å². The molecule has 0 bridgehead atoms. The van der Waals surface area contributed by atoms with Gasteiger partial charge in [0, 0.05) is 6.54 Å². The van der Waals surface area contributed by atoms with Crippen LogP contribution in [0.2, 0.25) is 0 Å². The second-order valence-corrected chi connectivity index (χ2v) is 3.25. The average molecular weight is 144 g/mol. The fourth-order valence-corrected chi connectivity index (χ4v) is 1.18. The molecule has 9 heavy (non-hydrogen) atoms. The van der Waals surface area contributed by atoms with E-state index in [2.05, 4.69) is 23.5 Å². The quantitative estimate of drug-likeness (QED) is 0.618. The van der Waals surface area contributed by atoms with E-state index in [1.807, 2.05) is 11.8 Å². The van der Waals surface area contributed by atoms with Gasteiger partial charge in [-0.3, -0.25) is 4.99 Å². The Morgan fingerprint density at radius 1 is 1.78 bits per heavy atom. The first-order valence-electron chi connectivity index (χ1n) is 3.15. The Morgan fingerprint density at radius 3 is 3.00 bits per heavy atom.